The van der Waals surface area contributed by atoms with E-state index in [0.29, 0.717) is 16.8 Å². The number of benzene rings is 2. The van der Waals surface area contributed by atoms with Crippen molar-refractivity contribution in [3.8, 4) is 11.5 Å². The van der Waals surface area contributed by atoms with Gasteiger partial charge in [-0.05, 0) is 56.2 Å². The lowest BCUT2D eigenvalue weighted by Crippen LogP contribution is -2.61. The second-order valence-corrected chi connectivity index (χ2v) is 15.9. The molecule has 2 saturated heterocycles. The van der Waals surface area contributed by atoms with Crippen LogP contribution in [0.25, 0.3) is 0 Å². The van der Waals surface area contributed by atoms with Crippen molar-refractivity contribution in [2.75, 3.05) is 17.2 Å². The molecule has 60 heavy (non-hydrogen) atoms. The number of aliphatic hydroxyl groups excluding tert-OH is 6. The van der Waals surface area contributed by atoms with Crippen molar-refractivity contribution in [3.63, 3.8) is 0 Å². The van der Waals surface area contributed by atoms with Gasteiger partial charge in [0, 0.05) is 17.9 Å². The first-order chi connectivity index (χ1) is 28.2. The lowest BCUT2D eigenvalue weighted by Gasteiger charge is -2.38. The Hall–Kier alpha value is -5.13. The minimum atomic E-state index is -1.87. The van der Waals surface area contributed by atoms with Crippen molar-refractivity contribution in [2.45, 2.75) is 129 Å². The van der Waals surface area contributed by atoms with Gasteiger partial charge in [-0.1, -0.05) is 32.9 Å². The van der Waals surface area contributed by atoms with Crippen molar-refractivity contribution in [1.29, 1.82) is 0 Å². The van der Waals surface area contributed by atoms with E-state index < -0.39 is 91.2 Å². The molecule has 2 heterocycles. The summed E-state index contributed by atoms with van der Waals surface area (Å²) < 4.78 is 38.0. The van der Waals surface area contributed by atoms with Crippen molar-refractivity contribution in [2.24, 2.45) is 5.41 Å². The standard InChI is InChI=1S/C20H27NO10.C19H27NO9/c1-20(2,3)13(23)7-21-11-6-10(8-29-9-22)4-5-12(11)30-19-16(26)14(24)15(25)17(31-19)18(27)28;1-9(21)27-8-10-5-6-12(11(7-10)20-19(2,3)4)28-18-15(24)13(22)14(23)16(29-18)17(25)26/h4-6,9,14-17,19,21,24-26H,7-8H2,1-3H3,(H,27,28);5-7,13-16,18,20,22-24H,8H2,1-4H3,(H,25,26)/t14-,15-,16+,17-,19+;13-,14-,15+,16-,18+/m00/s1/i9D;. The molecule has 2 aromatic rings. The van der Waals surface area contributed by atoms with Gasteiger partial charge in [-0.3, -0.25) is 14.4 Å². The minimum absolute atomic E-state index is 0.0319. The number of nitrogens with one attached hydrogen (secondary N) is 2. The summed E-state index contributed by atoms with van der Waals surface area (Å²) >= 11 is 0. The van der Waals surface area contributed by atoms with Crippen molar-refractivity contribution >= 4 is 41.5 Å². The lowest BCUT2D eigenvalue weighted by atomic mass is 9.91. The number of ether oxygens (including phenoxy) is 6. The molecule has 21 nitrogen and oxygen atoms in total. The van der Waals surface area contributed by atoms with E-state index in [-0.39, 0.29) is 48.3 Å². The Morgan fingerprint density at radius 1 is 0.717 bits per heavy atom. The molecule has 0 aliphatic carbocycles. The van der Waals surface area contributed by atoms with E-state index in [0.717, 1.165) is 0 Å². The first-order valence-corrected chi connectivity index (χ1v) is 18.5. The van der Waals surface area contributed by atoms with E-state index in [4.69, 9.17) is 30.2 Å². The molecule has 2 fully saturated rings. The largest absolute Gasteiger partial charge is 0.479 e. The Kier molecular flexibility index (Phi) is 16.6. The normalized spacial score (nSPS) is 26.9. The third kappa shape index (κ3) is 13.7. The predicted octanol–water partition coefficient (Wildman–Crippen LogP) is -0.111. The van der Waals surface area contributed by atoms with E-state index in [9.17, 15) is 59.7 Å². The predicted molar refractivity (Wildman–Crippen MR) is 205 cm³/mol. The number of carboxylic acid groups (broad SMARTS) is 2. The summed E-state index contributed by atoms with van der Waals surface area (Å²) in [6, 6.07) is 9.18. The fourth-order valence-electron chi connectivity index (χ4n) is 5.47. The fraction of sp³-hybridized carbons (Fsp3) is 0.564. The van der Waals surface area contributed by atoms with Gasteiger partial charge in [0.25, 0.3) is 6.45 Å². The Balaban J connectivity index is 0.000000327. The molecular formula is C39H54N2O19. The summed E-state index contributed by atoms with van der Waals surface area (Å²) in [5.74, 6) is -3.38. The smallest absolute Gasteiger partial charge is 0.335 e. The zero-order valence-corrected chi connectivity index (χ0v) is 33.9. The van der Waals surface area contributed by atoms with Crippen molar-refractivity contribution in [1.82, 2.24) is 0 Å². The van der Waals surface area contributed by atoms with E-state index in [1.165, 1.54) is 31.2 Å². The minimum Gasteiger partial charge on any atom is -0.479 e. The van der Waals surface area contributed by atoms with Crippen LogP contribution < -0.4 is 20.1 Å². The summed E-state index contributed by atoms with van der Waals surface area (Å²) in [5.41, 5.74) is 0.804. The highest BCUT2D eigenvalue weighted by molar-refractivity contribution is 5.88. The molecule has 0 bridgehead atoms. The summed E-state index contributed by atoms with van der Waals surface area (Å²) in [7, 11) is 0. The number of rotatable bonds is 14. The monoisotopic (exact) mass is 855 g/mol. The summed E-state index contributed by atoms with van der Waals surface area (Å²) in [6.07, 6.45) is -18.7. The number of anilines is 2. The number of Topliss-reactive ketones (excluding diaryl/α,β-unsaturated/α-hetero) is 1. The van der Waals surface area contributed by atoms with Crippen molar-refractivity contribution < 1.29 is 94.6 Å². The molecule has 2 aromatic carbocycles. The van der Waals surface area contributed by atoms with Crippen molar-refractivity contribution in [3.05, 3.63) is 47.5 Å². The molecule has 334 valence electrons. The third-order valence-electron chi connectivity index (χ3n) is 8.73. The van der Waals surface area contributed by atoms with Crippen LogP contribution in [0.5, 0.6) is 11.5 Å². The summed E-state index contributed by atoms with van der Waals surface area (Å²) in [5, 5.41) is 84.3. The highest BCUT2D eigenvalue weighted by Gasteiger charge is 2.49. The van der Waals surface area contributed by atoms with Gasteiger partial charge in [0.15, 0.2) is 19.4 Å². The quantitative estimate of drug-likeness (QED) is 0.0875. The molecule has 0 radical (unpaired) electrons. The van der Waals surface area contributed by atoms with E-state index in [1.807, 2.05) is 20.8 Å². The SMILES string of the molecule is CC(=O)OCc1ccc(O[C@@H]2O[C@H](C(=O)O)[C@@H](O)[C@H](O)[C@H]2O)c(NC(C)(C)C)c1.[2H]C(=O)OCc1ccc(O[C@@H]2O[C@H](C(=O)O)[C@@H](O)[C@H](O)[C@H]2O)c(NCC(=O)C(C)(C)C)c1. The van der Waals surface area contributed by atoms with Crippen LogP contribution in [0.1, 0.15) is 61.0 Å². The second kappa shape index (κ2) is 20.9. The van der Waals surface area contributed by atoms with Crippen LogP contribution in [0.15, 0.2) is 36.4 Å². The molecule has 0 saturated carbocycles. The van der Waals surface area contributed by atoms with Crippen LogP contribution in [0.4, 0.5) is 11.4 Å². The Bertz CT molecular complexity index is 1870. The number of carbonyl (C=O) groups is 5. The molecule has 2 aliphatic rings. The molecule has 21 heteroatoms. The maximum absolute atomic E-state index is 12.3. The van der Waals surface area contributed by atoms with Gasteiger partial charge in [0.05, 0.1) is 17.9 Å². The Morgan fingerprint density at radius 2 is 1.17 bits per heavy atom. The molecule has 10 atom stereocenters. The van der Waals surface area contributed by atoms with Gasteiger partial charge in [-0.15, -0.1) is 0 Å². The maximum Gasteiger partial charge on any atom is 0.335 e. The highest BCUT2D eigenvalue weighted by Crippen LogP contribution is 2.34. The van der Waals surface area contributed by atoms with Crippen LogP contribution in [-0.4, -0.2) is 144 Å². The zero-order chi connectivity index (χ0) is 46.1. The Labute approximate surface area is 346 Å². The molecule has 0 spiro atoms. The molecule has 0 unspecified atom stereocenters. The van der Waals surface area contributed by atoms with Crippen LogP contribution in [0.3, 0.4) is 0 Å². The lowest BCUT2D eigenvalue weighted by molar-refractivity contribution is -0.271. The first kappa shape index (κ1) is 47.5. The van der Waals surface area contributed by atoms with Gasteiger partial charge in [-0.2, -0.15) is 0 Å². The number of hydrogen-bond acceptors (Lipinski definition) is 19. The average Bonchev–Trinajstić information content (AvgIpc) is 3.15. The van der Waals surface area contributed by atoms with Gasteiger partial charge >= 0.3 is 17.9 Å². The van der Waals surface area contributed by atoms with Gasteiger partial charge < -0.3 is 79.9 Å². The number of ketones is 1. The summed E-state index contributed by atoms with van der Waals surface area (Å²) in [6.45, 7) is 12.0. The average molecular weight is 856 g/mol. The molecule has 0 aromatic heterocycles. The molecule has 10 N–H and O–H groups in total. The topological polar surface area (TPSA) is 327 Å². The summed E-state index contributed by atoms with van der Waals surface area (Å²) in [4.78, 5) is 56.6. The number of hydrogen-bond donors (Lipinski definition) is 10. The van der Waals surface area contributed by atoms with Gasteiger partial charge in [-0.25, -0.2) is 9.59 Å². The Morgan fingerprint density at radius 3 is 1.58 bits per heavy atom. The molecular weight excluding hydrogens is 800 g/mol. The van der Waals surface area contributed by atoms with Gasteiger partial charge in [0.2, 0.25) is 12.6 Å². The van der Waals surface area contributed by atoms with Crippen LogP contribution in [0.2, 0.25) is 0 Å². The first-order valence-electron chi connectivity index (χ1n) is 19.0. The molecule has 4 rings (SSSR count). The highest BCUT2D eigenvalue weighted by atomic mass is 16.7. The second-order valence-electron chi connectivity index (χ2n) is 15.9. The van der Waals surface area contributed by atoms with Gasteiger partial charge in [0.1, 0.15) is 61.3 Å². The van der Waals surface area contributed by atoms with E-state index in [2.05, 4.69) is 15.4 Å². The maximum atomic E-state index is 12.3. The number of esters is 1. The third-order valence-corrected chi connectivity index (χ3v) is 8.73. The molecule has 2 aliphatic heterocycles. The van der Waals surface area contributed by atoms with Crippen LogP contribution >= 0.6 is 0 Å². The van der Waals surface area contributed by atoms with E-state index >= 15 is 0 Å². The fourth-order valence-corrected chi connectivity index (χ4v) is 5.47. The number of carboxylic acids is 2. The van der Waals surface area contributed by atoms with E-state index in [1.54, 1.807) is 32.9 Å². The zero-order valence-electron chi connectivity index (χ0n) is 34.9. The molecule has 0 amide bonds. The number of aliphatic hydroxyl groups is 6. The number of aliphatic carboxylic acids is 2. The number of carbonyl (C=O) groups excluding carboxylic acids is 3. The van der Waals surface area contributed by atoms with Crippen LogP contribution in [-0.2, 0) is 56.1 Å². The van der Waals surface area contributed by atoms with Crippen LogP contribution in [0, 0.1) is 5.41 Å².